The maximum absolute atomic E-state index is 11.6. The van der Waals surface area contributed by atoms with Crippen molar-refractivity contribution in [2.24, 2.45) is 11.8 Å². The van der Waals surface area contributed by atoms with Gasteiger partial charge in [-0.05, 0) is 30.2 Å². The van der Waals surface area contributed by atoms with Crippen molar-refractivity contribution in [3.63, 3.8) is 0 Å². The number of amides is 1. The van der Waals surface area contributed by atoms with Crippen LogP contribution in [0, 0.1) is 5.92 Å². The van der Waals surface area contributed by atoms with Crippen LogP contribution in [0.15, 0.2) is 29.2 Å². The fourth-order valence-electron chi connectivity index (χ4n) is 1.38. The summed E-state index contributed by atoms with van der Waals surface area (Å²) in [4.78, 5) is 12.6. The molecule has 0 bridgehead atoms. The topological polar surface area (TPSA) is 64.3 Å². The van der Waals surface area contributed by atoms with Crippen LogP contribution < -0.4 is 16.0 Å². The summed E-state index contributed by atoms with van der Waals surface area (Å²) in [5, 5.41) is -0.187. The number of nitrogens with two attached hydrogens (primary N) is 1. The van der Waals surface area contributed by atoms with Gasteiger partial charge in [0.1, 0.15) is 5.75 Å². The van der Waals surface area contributed by atoms with Gasteiger partial charge in [-0.2, -0.15) is 0 Å². The molecule has 4 nitrogen and oxygen atoms in total. The highest BCUT2D eigenvalue weighted by Crippen LogP contribution is 2.29. The molecule has 0 saturated heterocycles. The number of ether oxygens (including phenoxy) is 1. The molecule has 5 heteroatoms. The third-order valence-corrected chi connectivity index (χ3v) is 3.89. The summed E-state index contributed by atoms with van der Waals surface area (Å²) < 4.78 is 5.08. The number of nitrogens with one attached hydrogen (secondary N) is 1. The number of rotatable bonds is 5. The highest BCUT2D eigenvalue weighted by atomic mass is 32.2. The second-order valence-corrected chi connectivity index (χ2v) is 5.18. The molecule has 0 aliphatic rings. The standard InChI is InChI=1S/C12H18N2O2S/c1-8(2)11(12(15)14-13)17-10-6-4-9(16-3)5-7-10/h4-8,11H,13H2,1-3H3,(H,14,15). The summed E-state index contributed by atoms with van der Waals surface area (Å²) in [6.07, 6.45) is 0. The van der Waals surface area contributed by atoms with Gasteiger partial charge in [0.15, 0.2) is 0 Å². The zero-order valence-electron chi connectivity index (χ0n) is 10.3. The highest BCUT2D eigenvalue weighted by Gasteiger charge is 2.22. The lowest BCUT2D eigenvalue weighted by atomic mass is 10.1. The Hall–Kier alpha value is -1.20. The van der Waals surface area contributed by atoms with Crippen molar-refractivity contribution in [2.45, 2.75) is 24.0 Å². The molecule has 17 heavy (non-hydrogen) atoms. The summed E-state index contributed by atoms with van der Waals surface area (Å²) in [6.45, 7) is 3.99. The first-order valence-corrected chi connectivity index (χ1v) is 6.27. The number of carbonyl (C=O) groups excluding carboxylic acids is 1. The number of thioether (sulfide) groups is 1. The Balaban J connectivity index is 2.75. The quantitative estimate of drug-likeness (QED) is 0.364. The minimum absolute atomic E-state index is 0.152. The summed E-state index contributed by atoms with van der Waals surface area (Å²) >= 11 is 1.50. The van der Waals surface area contributed by atoms with E-state index in [4.69, 9.17) is 10.6 Å². The Morgan fingerprint density at radius 1 is 1.35 bits per heavy atom. The van der Waals surface area contributed by atoms with Crippen molar-refractivity contribution in [3.05, 3.63) is 24.3 Å². The van der Waals surface area contributed by atoms with Crippen LogP contribution in [0.5, 0.6) is 5.75 Å². The minimum Gasteiger partial charge on any atom is -0.497 e. The van der Waals surface area contributed by atoms with Crippen molar-refractivity contribution in [3.8, 4) is 5.75 Å². The summed E-state index contributed by atoms with van der Waals surface area (Å²) in [6, 6.07) is 7.62. The molecule has 0 spiro atoms. The molecule has 0 aromatic heterocycles. The van der Waals surface area contributed by atoms with E-state index in [-0.39, 0.29) is 17.1 Å². The van der Waals surface area contributed by atoms with E-state index in [1.165, 1.54) is 11.8 Å². The highest BCUT2D eigenvalue weighted by molar-refractivity contribution is 8.00. The molecule has 0 radical (unpaired) electrons. The number of hydrogen-bond donors (Lipinski definition) is 2. The molecule has 1 aromatic rings. The Kier molecular flexibility index (Phi) is 5.31. The van der Waals surface area contributed by atoms with Gasteiger partial charge in [0, 0.05) is 4.90 Å². The van der Waals surface area contributed by atoms with Crippen molar-refractivity contribution in [2.75, 3.05) is 7.11 Å². The predicted molar refractivity (Wildman–Crippen MR) is 69.8 cm³/mol. The van der Waals surface area contributed by atoms with Gasteiger partial charge in [-0.3, -0.25) is 10.2 Å². The average Bonchev–Trinajstić information content (AvgIpc) is 2.35. The van der Waals surface area contributed by atoms with Crippen LogP contribution in [-0.2, 0) is 4.79 Å². The first-order chi connectivity index (χ1) is 8.08. The van der Waals surface area contributed by atoms with Crippen LogP contribution in [0.3, 0.4) is 0 Å². The first-order valence-electron chi connectivity index (χ1n) is 5.39. The van der Waals surface area contributed by atoms with E-state index in [1.54, 1.807) is 7.11 Å². The number of hydrazine groups is 1. The first kappa shape index (κ1) is 13.9. The van der Waals surface area contributed by atoms with Crippen LogP contribution in [-0.4, -0.2) is 18.3 Å². The lowest BCUT2D eigenvalue weighted by Crippen LogP contribution is -2.39. The third kappa shape index (κ3) is 3.94. The molecule has 0 saturated carbocycles. The molecular weight excluding hydrogens is 236 g/mol. The minimum atomic E-state index is -0.187. The molecule has 0 aliphatic carbocycles. The molecule has 94 valence electrons. The van der Waals surface area contributed by atoms with Crippen LogP contribution in [0.4, 0.5) is 0 Å². The lowest BCUT2D eigenvalue weighted by Gasteiger charge is -2.18. The number of carbonyl (C=O) groups is 1. The van der Waals surface area contributed by atoms with E-state index in [0.29, 0.717) is 0 Å². The Morgan fingerprint density at radius 3 is 2.35 bits per heavy atom. The summed E-state index contributed by atoms with van der Waals surface area (Å²) in [5.41, 5.74) is 2.20. The van der Waals surface area contributed by atoms with E-state index >= 15 is 0 Å². The lowest BCUT2D eigenvalue weighted by molar-refractivity contribution is -0.121. The Morgan fingerprint density at radius 2 is 1.94 bits per heavy atom. The van der Waals surface area contributed by atoms with Gasteiger partial charge >= 0.3 is 0 Å². The monoisotopic (exact) mass is 254 g/mol. The van der Waals surface area contributed by atoms with Gasteiger partial charge in [-0.25, -0.2) is 5.84 Å². The van der Waals surface area contributed by atoms with Gasteiger partial charge < -0.3 is 4.74 Å². The molecule has 3 N–H and O–H groups in total. The van der Waals surface area contributed by atoms with Crippen LogP contribution in [0.1, 0.15) is 13.8 Å². The summed E-state index contributed by atoms with van der Waals surface area (Å²) in [7, 11) is 1.63. The second-order valence-electron chi connectivity index (χ2n) is 3.97. The van der Waals surface area contributed by atoms with E-state index in [9.17, 15) is 4.79 Å². The molecule has 1 rings (SSSR count). The molecular formula is C12H18N2O2S. The zero-order valence-corrected chi connectivity index (χ0v) is 11.1. The van der Waals surface area contributed by atoms with E-state index in [1.807, 2.05) is 38.1 Å². The van der Waals surface area contributed by atoms with Gasteiger partial charge in [-0.1, -0.05) is 13.8 Å². The van der Waals surface area contributed by atoms with Crippen LogP contribution >= 0.6 is 11.8 Å². The van der Waals surface area contributed by atoms with Gasteiger partial charge in [0.05, 0.1) is 12.4 Å². The van der Waals surface area contributed by atoms with Crippen molar-refractivity contribution in [1.29, 1.82) is 0 Å². The molecule has 0 fully saturated rings. The fourth-order valence-corrected chi connectivity index (χ4v) is 2.41. The molecule has 1 amide bonds. The van der Waals surface area contributed by atoms with E-state index in [2.05, 4.69) is 5.43 Å². The Labute approximate surface area is 106 Å². The molecule has 0 heterocycles. The van der Waals surface area contributed by atoms with Gasteiger partial charge in [-0.15, -0.1) is 11.8 Å². The van der Waals surface area contributed by atoms with Crippen LogP contribution in [0.25, 0.3) is 0 Å². The van der Waals surface area contributed by atoms with Crippen molar-refractivity contribution in [1.82, 2.24) is 5.43 Å². The van der Waals surface area contributed by atoms with Crippen molar-refractivity contribution < 1.29 is 9.53 Å². The van der Waals surface area contributed by atoms with Gasteiger partial charge in [0.25, 0.3) is 0 Å². The molecule has 1 unspecified atom stereocenters. The Bertz CT molecular complexity index is 365. The van der Waals surface area contributed by atoms with Crippen molar-refractivity contribution >= 4 is 17.7 Å². The number of benzene rings is 1. The van der Waals surface area contributed by atoms with E-state index < -0.39 is 0 Å². The second kappa shape index (κ2) is 6.51. The van der Waals surface area contributed by atoms with Crippen LogP contribution in [0.2, 0.25) is 0 Å². The SMILES string of the molecule is COc1ccc(SC(C(=O)NN)C(C)C)cc1. The third-order valence-electron chi connectivity index (χ3n) is 2.33. The largest absolute Gasteiger partial charge is 0.497 e. The average molecular weight is 254 g/mol. The zero-order chi connectivity index (χ0) is 12.8. The smallest absolute Gasteiger partial charge is 0.247 e. The molecule has 1 atom stereocenters. The predicted octanol–water partition coefficient (Wildman–Crippen LogP) is 1.80. The maximum atomic E-state index is 11.6. The number of methoxy groups -OCH3 is 1. The molecule has 0 aliphatic heterocycles. The number of hydrogen-bond acceptors (Lipinski definition) is 4. The maximum Gasteiger partial charge on any atom is 0.247 e. The van der Waals surface area contributed by atoms with Gasteiger partial charge in [0.2, 0.25) is 5.91 Å². The molecule has 1 aromatic carbocycles. The van der Waals surface area contributed by atoms with E-state index in [0.717, 1.165) is 10.6 Å². The normalized spacial score (nSPS) is 12.3. The summed E-state index contributed by atoms with van der Waals surface area (Å²) in [5.74, 6) is 6.04. The fraction of sp³-hybridized carbons (Fsp3) is 0.417.